The van der Waals surface area contributed by atoms with Gasteiger partial charge < -0.3 is 9.47 Å². The Bertz CT molecular complexity index is 889. The Morgan fingerprint density at radius 2 is 2.04 bits per heavy atom. The minimum absolute atomic E-state index is 0.216. The molecule has 0 aliphatic rings. The number of rotatable bonds is 6. The van der Waals surface area contributed by atoms with Crippen LogP contribution in [0.4, 0.5) is 0 Å². The zero-order chi connectivity index (χ0) is 16.8. The Kier molecular flexibility index (Phi) is 4.97. The van der Waals surface area contributed by atoms with E-state index in [0.29, 0.717) is 16.3 Å². The molecule has 24 heavy (non-hydrogen) atoms. The number of nitrogens with one attached hydrogen (secondary N) is 1. The summed E-state index contributed by atoms with van der Waals surface area (Å²) in [5.74, 6) is 1.96. The third-order valence-corrected chi connectivity index (χ3v) is 3.42. The quantitative estimate of drug-likeness (QED) is 0.551. The van der Waals surface area contributed by atoms with Crippen LogP contribution in [0.3, 0.4) is 0 Å². The van der Waals surface area contributed by atoms with Gasteiger partial charge in [-0.05, 0) is 42.0 Å². The molecular weight excluding hydrogens is 326 g/mol. The van der Waals surface area contributed by atoms with E-state index in [1.54, 1.807) is 31.8 Å². The molecule has 3 aromatic rings. The van der Waals surface area contributed by atoms with Gasteiger partial charge in [-0.1, -0.05) is 6.07 Å². The SMILES string of the molecule is COc1cccc(OCc2n[nH]c(=S)n2/N=C\c2ccncc2)c1. The minimum atomic E-state index is 0.216. The summed E-state index contributed by atoms with van der Waals surface area (Å²) in [6.45, 7) is 0.216. The average Bonchev–Trinajstić information content (AvgIpc) is 2.99. The van der Waals surface area contributed by atoms with E-state index in [2.05, 4.69) is 20.3 Å². The molecule has 0 spiro atoms. The molecule has 0 radical (unpaired) electrons. The highest BCUT2D eigenvalue weighted by Crippen LogP contribution is 2.19. The Hall–Kier alpha value is -3.00. The van der Waals surface area contributed by atoms with Crippen molar-refractivity contribution in [1.29, 1.82) is 0 Å². The molecule has 8 heteroatoms. The van der Waals surface area contributed by atoms with Gasteiger partial charge >= 0.3 is 0 Å². The van der Waals surface area contributed by atoms with Crippen LogP contribution >= 0.6 is 12.2 Å². The van der Waals surface area contributed by atoms with Crippen LogP contribution in [-0.2, 0) is 6.61 Å². The van der Waals surface area contributed by atoms with Crippen LogP contribution in [-0.4, -0.2) is 33.2 Å². The van der Waals surface area contributed by atoms with Gasteiger partial charge in [-0.2, -0.15) is 14.9 Å². The third kappa shape index (κ3) is 3.85. The van der Waals surface area contributed by atoms with Crippen LogP contribution in [0.1, 0.15) is 11.4 Å². The second kappa shape index (κ2) is 7.51. The van der Waals surface area contributed by atoms with Crippen LogP contribution in [0, 0.1) is 4.77 Å². The maximum Gasteiger partial charge on any atom is 0.216 e. The highest BCUT2D eigenvalue weighted by Gasteiger charge is 2.06. The molecule has 0 atom stereocenters. The van der Waals surface area contributed by atoms with E-state index in [1.807, 2.05) is 30.3 Å². The Balaban J connectivity index is 1.75. The highest BCUT2D eigenvalue weighted by molar-refractivity contribution is 7.71. The van der Waals surface area contributed by atoms with Crippen LogP contribution in [0.15, 0.2) is 53.9 Å². The molecule has 0 fully saturated rings. The van der Waals surface area contributed by atoms with E-state index >= 15 is 0 Å². The molecule has 0 bridgehead atoms. The van der Waals surface area contributed by atoms with Crippen molar-refractivity contribution in [2.45, 2.75) is 6.61 Å². The van der Waals surface area contributed by atoms with Crippen molar-refractivity contribution in [3.8, 4) is 11.5 Å². The predicted octanol–water partition coefficient (Wildman–Crippen LogP) is 2.81. The summed E-state index contributed by atoms with van der Waals surface area (Å²) < 4.78 is 12.8. The van der Waals surface area contributed by atoms with Crippen LogP contribution in [0.5, 0.6) is 11.5 Å². The molecule has 1 N–H and O–H groups in total. The molecule has 3 rings (SSSR count). The first-order valence-corrected chi connectivity index (χ1v) is 7.54. The number of hydrogen-bond acceptors (Lipinski definition) is 6. The summed E-state index contributed by atoms with van der Waals surface area (Å²) in [6, 6.07) is 11.0. The van der Waals surface area contributed by atoms with E-state index in [-0.39, 0.29) is 6.61 Å². The smallest absolute Gasteiger partial charge is 0.216 e. The van der Waals surface area contributed by atoms with Gasteiger partial charge in [0, 0.05) is 18.5 Å². The fraction of sp³-hybridized carbons (Fsp3) is 0.125. The summed E-state index contributed by atoms with van der Waals surface area (Å²) in [5.41, 5.74) is 0.910. The molecule has 2 heterocycles. The fourth-order valence-corrected chi connectivity index (χ4v) is 2.15. The molecular formula is C16H15N5O2S. The highest BCUT2D eigenvalue weighted by atomic mass is 32.1. The molecule has 0 amide bonds. The summed E-state index contributed by atoms with van der Waals surface area (Å²) in [6.07, 6.45) is 5.08. The first kappa shape index (κ1) is 15.9. The predicted molar refractivity (Wildman–Crippen MR) is 92.0 cm³/mol. The lowest BCUT2D eigenvalue weighted by atomic mass is 10.3. The van der Waals surface area contributed by atoms with Crippen molar-refractivity contribution in [3.63, 3.8) is 0 Å². The number of aromatic amines is 1. The van der Waals surface area contributed by atoms with Gasteiger partial charge in [-0.15, -0.1) is 0 Å². The van der Waals surface area contributed by atoms with Gasteiger partial charge in [0.05, 0.1) is 13.3 Å². The molecule has 1 aromatic carbocycles. The zero-order valence-corrected chi connectivity index (χ0v) is 13.7. The second-order valence-corrected chi connectivity index (χ2v) is 5.14. The van der Waals surface area contributed by atoms with Crippen LogP contribution in [0.2, 0.25) is 0 Å². The number of aromatic nitrogens is 4. The summed E-state index contributed by atoms with van der Waals surface area (Å²) in [5, 5.41) is 11.2. The van der Waals surface area contributed by atoms with Gasteiger partial charge in [-0.3, -0.25) is 4.98 Å². The molecule has 122 valence electrons. The first-order chi connectivity index (χ1) is 11.8. The summed E-state index contributed by atoms with van der Waals surface area (Å²) in [7, 11) is 1.61. The monoisotopic (exact) mass is 341 g/mol. The van der Waals surface area contributed by atoms with E-state index < -0.39 is 0 Å². The molecule has 0 saturated carbocycles. The largest absolute Gasteiger partial charge is 0.497 e. The van der Waals surface area contributed by atoms with Gasteiger partial charge in [0.15, 0.2) is 5.82 Å². The fourth-order valence-electron chi connectivity index (χ4n) is 1.95. The Morgan fingerprint density at radius 3 is 2.83 bits per heavy atom. The maximum absolute atomic E-state index is 5.73. The van der Waals surface area contributed by atoms with E-state index in [1.165, 1.54) is 4.68 Å². The molecule has 0 aliphatic carbocycles. The maximum atomic E-state index is 5.73. The number of nitrogens with zero attached hydrogens (tertiary/aromatic N) is 4. The minimum Gasteiger partial charge on any atom is -0.497 e. The summed E-state index contributed by atoms with van der Waals surface area (Å²) >= 11 is 5.20. The van der Waals surface area contributed by atoms with Gasteiger partial charge in [0.1, 0.15) is 18.1 Å². The van der Waals surface area contributed by atoms with Crippen molar-refractivity contribution in [2.75, 3.05) is 7.11 Å². The van der Waals surface area contributed by atoms with Crippen molar-refractivity contribution in [2.24, 2.45) is 5.10 Å². The normalized spacial score (nSPS) is 10.9. The van der Waals surface area contributed by atoms with Gasteiger partial charge in [0.2, 0.25) is 4.77 Å². The molecule has 0 aliphatic heterocycles. The molecule has 0 saturated heterocycles. The van der Waals surface area contributed by atoms with Crippen molar-refractivity contribution in [3.05, 3.63) is 65.0 Å². The topological polar surface area (TPSA) is 77.3 Å². The number of hydrogen-bond donors (Lipinski definition) is 1. The lowest BCUT2D eigenvalue weighted by Crippen LogP contribution is -2.04. The van der Waals surface area contributed by atoms with Gasteiger partial charge in [-0.25, -0.2) is 5.10 Å². The Morgan fingerprint density at radius 1 is 1.25 bits per heavy atom. The number of benzene rings is 1. The van der Waals surface area contributed by atoms with Gasteiger partial charge in [0.25, 0.3) is 0 Å². The summed E-state index contributed by atoms with van der Waals surface area (Å²) in [4.78, 5) is 3.96. The number of ether oxygens (including phenoxy) is 2. The van der Waals surface area contributed by atoms with Crippen molar-refractivity contribution < 1.29 is 9.47 Å². The van der Waals surface area contributed by atoms with E-state index in [0.717, 1.165) is 11.3 Å². The first-order valence-electron chi connectivity index (χ1n) is 7.14. The molecule has 0 unspecified atom stereocenters. The van der Waals surface area contributed by atoms with E-state index in [4.69, 9.17) is 21.7 Å². The third-order valence-electron chi connectivity index (χ3n) is 3.15. The lowest BCUT2D eigenvalue weighted by Gasteiger charge is -2.07. The number of H-pyrrole nitrogens is 1. The molecule has 7 nitrogen and oxygen atoms in total. The number of methoxy groups -OCH3 is 1. The average molecular weight is 341 g/mol. The van der Waals surface area contributed by atoms with Crippen LogP contribution < -0.4 is 9.47 Å². The number of pyridine rings is 1. The Labute approximate surface area is 143 Å². The van der Waals surface area contributed by atoms with Crippen molar-refractivity contribution in [1.82, 2.24) is 19.9 Å². The zero-order valence-electron chi connectivity index (χ0n) is 12.9. The molecule has 2 aromatic heterocycles. The lowest BCUT2D eigenvalue weighted by molar-refractivity contribution is 0.288. The van der Waals surface area contributed by atoms with Crippen molar-refractivity contribution >= 4 is 18.4 Å². The van der Waals surface area contributed by atoms with Crippen LogP contribution in [0.25, 0.3) is 0 Å². The standard InChI is InChI=1S/C16H15N5O2S/c1-22-13-3-2-4-14(9-13)23-11-15-19-20-16(24)21(15)18-10-12-5-7-17-8-6-12/h2-10H,11H2,1H3,(H,20,24)/b18-10-. The van der Waals surface area contributed by atoms with E-state index in [9.17, 15) is 0 Å². The second-order valence-electron chi connectivity index (χ2n) is 4.75.